The number of sulfone groups is 1. The second-order valence-corrected chi connectivity index (χ2v) is 15.0. The maximum absolute atomic E-state index is 14.1. The first-order valence-electron chi connectivity index (χ1n) is 15.5. The number of pyridine rings is 2. The van der Waals surface area contributed by atoms with E-state index < -0.39 is 20.7 Å². The SMILES string of the molecule is CC1(C)c2[c-]c(cc(Cc3ccccc3)c2)-c2cccc(n2)C(C)(C)c2cccc(n2)-c2[c-]c1cc(S(=O)(=O)c1ccccc1)c2.[Pt+2]. The van der Waals surface area contributed by atoms with E-state index in [1.807, 2.05) is 42.5 Å². The zero-order valence-electron chi connectivity index (χ0n) is 26.7. The Morgan fingerprint density at radius 3 is 1.68 bits per heavy atom. The van der Waals surface area contributed by atoms with Gasteiger partial charge in [-0.3, -0.25) is 0 Å². The van der Waals surface area contributed by atoms with Crippen LogP contribution in [0.15, 0.2) is 131 Å². The van der Waals surface area contributed by atoms with Crippen molar-refractivity contribution in [2.75, 3.05) is 0 Å². The minimum atomic E-state index is -3.83. The zero-order chi connectivity index (χ0) is 32.1. The number of nitrogens with zero attached hydrogens (tertiary/aromatic N) is 2. The predicted octanol–water partition coefficient (Wildman–Crippen LogP) is 8.80. The van der Waals surface area contributed by atoms with Crippen LogP contribution in [0, 0.1) is 12.1 Å². The molecular weight excluding hydrogens is 780 g/mol. The first-order chi connectivity index (χ1) is 22.0. The van der Waals surface area contributed by atoms with E-state index >= 15 is 0 Å². The van der Waals surface area contributed by atoms with Crippen molar-refractivity contribution in [1.29, 1.82) is 0 Å². The van der Waals surface area contributed by atoms with E-state index in [2.05, 4.69) is 82.3 Å². The van der Waals surface area contributed by atoms with E-state index in [9.17, 15) is 8.42 Å². The average molecular weight is 814 g/mol. The third kappa shape index (κ3) is 6.15. The molecule has 47 heavy (non-hydrogen) atoms. The van der Waals surface area contributed by atoms with Gasteiger partial charge < -0.3 is 9.97 Å². The summed E-state index contributed by atoms with van der Waals surface area (Å²) in [6.07, 6.45) is 0.739. The topological polar surface area (TPSA) is 59.9 Å². The summed E-state index contributed by atoms with van der Waals surface area (Å²) < 4.78 is 28.2. The van der Waals surface area contributed by atoms with Crippen molar-refractivity contribution in [3.63, 3.8) is 0 Å². The fraction of sp³-hybridized carbons (Fsp3) is 0.171. The van der Waals surface area contributed by atoms with Crippen LogP contribution in [0.4, 0.5) is 0 Å². The Bertz CT molecular complexity index is 2190. The molecule has 0 saturated carbocycles. The summed E-state index contributed by atoms with van der Waals surface area (Å²) in [5, 5.41) is 0. The van der Waals surface area contributed by atoms with Crippen LogP contribution in [-0.2, 0) is 48.2 Å². The second kappa shape index (κ2) is 12.4. The van der Waals surface area contributed by atoms with Gasteiger partial charge in [-0.2, -0.15) is 0 Å². The molecule has 0 fully saturated rings. The van der Waals surface area contributed by atoms with Gasteiger partial charge in [-0.25, -0.2) is 8.42 Å². The minimum Gasteiger partial charge on any atom is -0.300 e. The van der Waals surface area contributed by atoms with E-state index in [1.165, 1.54) is 5.56 Å². The standard InChI is InChI=1S/C41H34N2O2S.Pt/c1-40(2)32-23-29(21-28-13-7-5-8-14-28)22-30(24-32)36-17-11-19-38(42-36)41(3,4)39-20-12-18-37(43-39)31-25-33(40)27-35(26-31)46(44,45)34-15-9-6-10-16-34;/h5-20,22-23,26-27H,21H2,1-4H3;/q-2;+2. The molecule has 0 atom stereocenters. The van der Waals surface area contributed by atoms with E-state index in [0.717, 1.165) is 45.8 Å². The van der Waals surface area contributed by atoms with Crippen LogP contribution in [0.2, 0.25) is 0 Å². The summed E-state index contributed by atoms with van der Waals surface area (Å²) in [6.45, 7) is 8.44. The molecule has 2 aromatic heterocycles. The monoisotopic (exact) mass is 813 g/mol. The Hall–Kier alpha value is -4.18. The van der Waals surface area contributed by atoms with Crippen LogP contribution in [0.25, 0.3) is 22.5 Å². The van der Waals surface area contributed by atoms with E-state index in [-0.39, 0.29) is 30.9 Å². The van der Waals surface area contributed by atoms with Crippen LogP contribution in [0.5, 0.6) is 0 Å². The molecule has 0 amide bonds. The van der Waals surface area contributed by atoms with Crippen LogP contribution in [-0.4, -0.2) is 18.4 Å². The van der Waals surface area contributed by atoms with Crippen LogP contribution < -0.4 is 0 Å². The zero-order valence-corrected chi connectivity index (χ0v) is 29.8. The van der Waals surface area contributed by atoms with Crippen molar-refractivity contribution in [3.8, 4) is 22.5 Å². The van der Waals surface area contributed by atoms with Gasteiger partial charge in [-0.1, -0.05) is 86.6 Å². The van der Waals surface area contributed by atoms with Crippen molar-refractivity contribution in [2.45, 2.75) is 54.7 Å². The Kier molecular flexibility index (Phi) is 8.67. The number of benzene rings is 4. The van der Waals surface area contributed by atoms with Gasteiger partial charge in [-0.05, 0) is 71.8 Å². The molecule has 1 aliphatic rings. The molecule has 0 N–H and O–H groups in total. The minimum absolute atomic E-state index is 0. The van der Waals surface area contributed by atoms with Crippen LogP contribution >= 0.6 is 0 Å². The van der Waals surface area contributed by atoms with Crippen molar-refractivity contribution >= 4 is 9.84 Å². The summed E-state index contributed by atoms with van der Waals surface area (Å²) in [6, 6.07) is 46.1. The van der Waals surface area contributed by atoms with Gasteiger partial charge in [-0.15, -0.1) is 64.2 Å². The van der Waals surface area contributed by atoms with Gasteiger partial charge in [0.15, 0.2) is 9.84 Å². The number of fused-ring (bicyclic) bond motifs is 10. The molecule has 0 aliphatic carbocycles. The third-order valence-corrected chi connectivity index (χ3v) is 10.8. The van der Waals surface area contributed by atoms with Gasteiger partial charge in [0, 0.05) is 16.8 Å². The predicted molar refractivity (Wildman–Crippen MR) is 182 cm³/mol. The molecule has 0 saturated heterocycles. The first kappa shape index (κ1) is 32.7. The summed E-state index contributed by atoms with van der Waals surface area (Å²) in [4.78, 5) is 10.7. The second-order valence-electron chi connectivity index (χ2n) is 13.0. The average Bonchev–Trinajstić information content (AvgIpc) is 3.08. The molecule has 0 radical (unpaired) electrons. The van der Waals surface area contributed by atoms with Crippen molar-refractivity contribution in [1.82, 2.24) is 9.97 Å². The molecule has 7 rings (SSSR count). The Balaban J connectivity index is 0.00000386. The Morgan fingerprint density at radius 2 is 1.09 bits per heavy atom. The van der Waals surface area contributed by atoms with Gasteiger partial charge in [0.2, 0.25) is 0 Å². The molecule has 0 unspecified atom stereocenters. The Morgan fingerprint density at radius 1 is 0.553 bits per heavy atom. The van der Waals surface area contributed by atoms with Gasteiger partial charge in [0.25, 0.3) is 0 Å². The number of hydrogen-bond donors (Lipinski definition) is 0. The Labute approximate surface area is 292 Å². The molecule has 8 bridgehead atoms. The smallest absolute Gasteiger partial charge is 0.300 e. The van der Waals surface area contributed by atoms with Crippen LogP contribution in [0.1, 0.15) is 61.3 Å². The summed E-state index contributed by atoms with van der Waals surface area (Å²) in [5.74, 6) is 0. The van der Waals surface area contributed by atoms with E-state index in [1.54, 1.807) is 36.4 Å². The molecule has 4 nitrogen and oxygen atoms in total. The molecule has 236 valence electrons. The van der Waals surface area contributed by atoms with Crippen molar-refractivity contribution in [2.24, 2.45) is 0 Å². The molecule has 0 spiro atoms. The van der Waals surface area contributed by atoms with Crippen molar-refractivity contribution in [3.05, 3.63) is 167 Å². The van der Waals surface area contributed by atoms with E-state index in [0.29, 0.717) is 11.3 Å². The quantitative estimate of drug-likeness (QED) is 0.167. The molecule has 4 aromatic carbocycles. The normalized spacial score (nSPS) is 14.4. The maximum atomic E-state index is 14.1. The van der Waals surface area contributed by atoms with Gasteiger partial charge in [0.1, 0.15) is 0 Å². The molecule has 6 heteroatoms. The summed E-state index contributed by atoms with van der Waals surface area (Å²) in [5.41, 5.74) is 7.52. The van der Waals surface area contributed by atoms with Crippen LogP contribution in [0.3, 0.4) is 0 Å². The summed E-state index contributed by atoms with van der Waals surface area (Å²) >= 11 is 0. The first-order valence-corrected chi connectivity index (χ1v) is 16.9. The van der Waals surface area contributed by atoms with Gasteiger partial charge in [0.05, 0.1) is 4.90 Å². The third-order valence-electron chi connectivity index (χ3n) is 9.06. The molecule has 1 aliphatic heterocycles. The largest absolute Gasteiger partial charge is 2.00 e. The fourth-order valence-electron chi connectivity index (χ4n) is 6.09. The molecular formula is C41H34N2O2PtS. The van der Waals surface area contributed by atoms with Gasteiger partial charge >= 0.3 is 21.1 Å². The number of hydrogen-bond acceptors (Lipinski definition) is 4. The number of rotatable bonds is 4. The van der Waals surface area contributed by atoms with Crippen molar-refractivity contribution < 1.29 is 29.5 Å². The van der Waals surface area contributed by atoms with E-state index in [4.69, 9.17) is 9.97 Å². The summed E-state index contributed by atoms with van der Waals surface area (Å²) in [7, 11) is -3.83. The maximum Gasteiger partial charge on any atom is 2.00 e. The number of aromatic nitrogens is 2. The molecule has 3 heterocycles. The fourth-order valence-corrected chi connectivity index (χ4v) is 7.42. The molecule has 6 aromatic rings.